The number of piperidine rings is 1. The molecule has 2 rings (SSSR count). The molecule has 0 aromatic carbocycles. The third-order valence-corrected chi connectivity index (χ3v) is 3.11. The molecule has 0 bridgehead atoms. The molecule has 0 aliphatic carbocycles. The van der Waals surface area contributed by atoms with Crippen LogP contribution in [0.5, 0.6) is 0 Å². The van der Waals surface area contributed by atoms with Crippen molar-refractivity contribution in [2.45, 2.75) is 32.2 Å². The smallest absolute Gasteiger partial charge is 0.276 e. The van der Waals surface area contributed by atoms with Crippen molar-refractivity contribution in [1.82, 2.24) is 25.6 Å². The summed E-state index contributed by atoms with van der Waals surface area (Å²) in [5.41, 5.74) is 0.414. The molecule has 0 unspecified atom stereocenters. The fourth-order valence-electron chi connectivity index (χ4n) is 2.26. The minimum absolute atomic E-state index is 0.00694. The average molecular weight is 237 g/mol. The molecular weight excluding hydrogens is 218 g/mol. The summed E-state index contributed by atoms with van der Waals surface area (Å²) in [4.78, 5) is 14.2. The van der Waals surface area contributed by atoms with Crippen molar-refractivity contribution < 1.29 is 4.79 Å². The van der Waals surface area contributed by atoms with Crippen LogP contribution >= 0.6 is 0 Å². The summed E-state index contributed by atoms with van der Waals surface area (Å²) in [6.07, 6.45) is 4.49. The molecule has 94 valence electrons. The maximum absolute atomic E-state index is 12.3. The molecule has 0 radical (unpaired) electrons. The highest BCUT2D eigenvalue weighted by Crippen LogP contribution is 2.14. The molecule has 0 spiro atoms. The molecule has 2 heterocycles. The maximum atomic E-state index is 12.3. The first-order chi connectivity index (χ1) is 8.33. The quantitative estimate of drug-likeness (QED) is 0.795. The molecule has 0 saturated carbocycles. The van der Waals surface area contributed by atoms with E-state index >= 15 is 0 Å². The van der Waals surface area contributed by atoms with Crippen LogP contribution in [0.3, 0.4) is 0 Å². The molecule has 1 amide bonds. The predicted octanol–water partition coefficient (Wildman–Crippen LogP) is 0.409. The summed E-state index contributed by atoms with van der Waals surface area (Å²) >= 11 is 0. The third kappa shape index (κ3) is 2.82. The number of aromatic amines is 1. The Balaban J connectivity index is 2.07. The van der Waals surface area contributed by atoms with Gasteiger partial charge in [-0.25, -0.2) is 0 Å². The fraction of sp³-hybridized carbons (Fsp3) is 0.727. The highest BCUT2D eigenvalue weighted by atomic mass is 16.2. The molecular formula is C11H19N5O. The van der Waals surface area contributed by atoms with E-state index in [0.717, 1.165) is 38.9 Å². The van der Waals surface area contributed by atoms with Gasteiger partial charge < -0.3 is 10.2 Å². The van der Waals surface area contributed by atoms with Crippen LogP contribution in [0.2, 0.25) is 0 Å². The van der Waals surface area contributed by atoms with E-state index in [0.29, 0.717) is 11.7 Å². The first-order valence-electron chi connectivity index (χ1n) is 6.20. The lowest BCUT2D eigenvalue weighted by Crippen LogP contribution is -2.46. The number of nitrogens with one attached hydrogen (secondary N) is 2. The second-order valence-electron chi connectivity index (χ2n) is 4.33. The van der Waals surface area contributed by atoms with E-state index < -0.39 is 0 Å². The molecule has 6 heteroatoms. The number of carbonyl (C=O) groups excluding carboxylic acids is 1. The van der Waals surface area contributed by atoms with E-state index in [1.807, 2.05) is 4.90 Å². The molecule has 1 aromatic rings. The van der Waals surface area contributed by atoms with Crippen molar-refractivity contribution in [3.05, 3.63) is 11.9 Å². The molecule has 1 saturated heterocycles. The standard InChI is InChI=1S/C11H19N5O/c1-2-7-16(9-3-5-12-6-4-9)11(17)10-8-13-15-14-10/h8-9,12H,2-7H2,1H3,(H,13,14,15). The van der Waals surface area contributed by atoms with Crippen LogP contribution in [0.25, 0.3) is 0 Å². The van der Waals surface area contributed by atoms with Crippen molar-refractivity contribution in [3.8, 4) is 0 Å². The zero-order valence-corrected chi connectivity index (χ0v) is 10.1. The largest absolute Gasteiger partial charge is 0.334 e. The summed E-state index contributed by atoms with van der Waals surface area (Å²) in [5, 5.41) is 13.4. The molecule has 1 aliphatic heterocycles. The van der Waals surface area contributed by atoms with Crippen LogP contribution in [0.1, 0.15) is 36.7 Å². The lowest BCUT2D eigenvalue weighted by atomic mass is 10.0. The van der Waals surface area contributed by atoms with Crippen LogP contribution in [-0.4, -0.2) is 51.9 Å². The Hall–Kier alpha value is -1.43. The summed E-state index contributed by atoms with van der Waals surface area (Å²) in [6.45, 7) is 4.84. The monoisotopic (exact) mass is 237 g/mol. The molecule has 1 fully saturated rings. The minimum atomic E-state index is -0.00694. The Bertz CT molecular complexity index is 345. The topological polar surface area (TPSA) is 73.9 Å². The van der Waals surface area contributed by atoms with Gasteiger partial charge in [0.05, 0.1) is 6.20 Å². The number of H-pyrrole nitrogens is 1. The van der Waals surface area contributed by atoms with Crippen LogP contribution in [-0.2, 0) is 0 Å². The van der Waals surface area contributed by atoms with Crippen LogP contribution < -0.4 is 5.32 Å². The van der Waals surface area contributed by atoms with Crippen LogP contribution in [0.4, 0.5) is 0 Å². The summed E-state index contributed by atoms with van der Waals surface area (Å²) in [6, 6.07) is 0.334. The third-order valence-electron chi connectivity index (χ3n) is 3.11. The van der Waals surface area contributed by atoms with E-state index in [9.17, 15) is 4.79 Å². The van der Waals surface area contributed by atoms with Gasteiger partial charge in [-0.05, 0) is 32.4 Å². The fourth-order valence-corrected chi connectivity index (χ4v) is 2.26. The Morgan fingerprint density at radius 2 is 2.29 bits per heavy atom. The highest BCUT2D eigenvalue weighted by Gasteiger charge is 2.26. The summed E-state index contributed by atoms with van der Waals surface area (Å²) < 4.78 is 0. The number of hydrogen-bond acceptors (Lipinski definition) is 4. The maximum Gasteiger partial charge on any atom is 0.276 e. The Morgan fingerprint density at radius 3 is 2.88 bits per heavy atom. The van der Waals surface area contributed by atoms with Gasteiger partial charge in [-0.3, -0.25) is 4.79 Å². The van der Waals surface area contributed by atoms with E-state index in [2.05, 4.69) is 27.7 Å². The normalized spacial score (nSPS) is 17.0. The van der Waals surface area contributed by atoms with Crippen molar-refractivity contribution in [3.63, 3.8) is 0 Å². The summed E-state index contributed by atoms with van der Waals surface area (Å²) in [7, 11) is 0. The van der Waals surface area contributed by atoms with Crippen molar-refractivity contribution in [2.24, 2.45) is 0 Å². The number of rotatable bonds is 4. The molecule has 6 nitrogen and oxygen atoms in total. The number of nitrogens with zero attached hydrogens (tertiary/aromatic N) is 3. The number of aromatic nitrogens is 3. The number of amides is 1. The van der Waals surface area contributed by atoms with Gasteiger partial charge in [0.15, 0.2) is 5.69 Å². The SMILES string of the molecule is CCCN(C(=O)c1cn[nH]n1)C1CCNCC1. The van der Waals surface area contributed by atoms with Crippen molar-refractivity contribution in [1.29, 1.82) is 0 Å². The second kappa shape index (κ2) is 5.77. The van der Waals surface area contributed by atoms with E-state index in [1.165, 1.54) is 6.20 Å². The van der Waals surface area contributed by atoms with Crippen molar-refractivity contribution >= 4 is 5.91 Å². The second-order valence-corrected chi connectivity index (χ2v) is 4.33. The Morgan fingerprint density at radius 1 is 1.53 bits per heavy atom. The van der Waals surface area contributed by atoms with Crippen LogP contribution in [0, 0.1) is 0 Å². The average Bonchev–Trinajstić information content (AvgIpc) is 2.90. The number of carbonyl (C=O) groups is 1. The first kappa shape index (κ1) is 12.0. The van der Waals surface area contributed by atoms with Gasteiger partial charge >= 0.3 is 0 Å². The zero-order chi connectivity index (χ0) is 12.1. The van der Waals surface area contributed by atoms with Gasteiger partial charge in [0.2, 0.25) is 0 Å². The number of hydrogen-bond donors (Lipinski definition) is 2. The van der Waals surface area contributed by atoms with Gasteiger partial charge in [-0.15, -0.1) is 0 Å². The van der Waals surface area contributed by atoms with Gasteiger partial charge in [0, 0.05) is 12.6 Å². The molecule has 1 aliphatic rings. The van der Waals surface area contributed by atoms with Gasteiger partial charge in [0.25, 0.3) is 5.91 Å². The molecule has 1 aromatic heterocycles. The van der Waals surface area contributed by atoms with Crippen LogP contribution in [0.15, 0.2) is 6.20 Å². The van der Waals surface area contributed by atoms with Gasteiger partial charge in [-0.1, -0.05) is 6.92 Å². The minimum Gasteiger partial charge on any atom is -0.334 e. The Labute approximate surface area is 101 Å². The van der Waals surface area contributed by atoms with Gasteiger partial charge in [0.1, 0.15) is 0 Å². The Kier molecular flexibility index (Phi) is 4.08. The molecule has 2 N–H and O–H groups in total. The molecule has 17 heavy (non-hydrogen) atoms. The lowest BCUT2D eigenvalue weighted by molar-refractivity contribution is 0.0636. The highest BCUT2D eigenvalue weighted by molar-refractivity contribution is 5.92. The first-order valence-corrected chi connectivity index (χ1v) is 6.20. The van der Waals surface area contributed by atoms with Crippen molar-refractivity contribution in [2.75, 3.05) is 19.6 Å². The lowest BCUT2D eigenvalue weighted by Gasteiger charge is -2.34. The van der Waals surface area contributed by atoms with E-state index in [1.54, 1.807) is 0 Å². The van der Waals surface area contributed by atoms with E-state index in [4.69, 9.17) is 0 Å². The summed E-state index contributed by atoms with van der Waals surface area (Å²) in [5.74, 6) is -0.00694. The predicted molar refractivity (Wildman–Crippen MR) is 63.6 cm³/mol. The molecule has 0 atom stereocenters. The van der Waals surface area contributed by atoms with Gasteiger partial charge in [-0.2, -0.15) is 15.4 Å². The zero-order valence-electron chi connectivity index (χ0n) is 10.1. The van der Waals surface area contributed by atoms with E-state index in [-0.39, 0.29) is 5.91 Å².